The zero-order valence-electron chi connectivity index (χ0n) is 10.6. The minimum atomic E-state index is 0.368. The van der Waals surface area contributed by atoms with Crippen molar-refractivity contribution in [1.82, 2.24) is 20.3 Å². The highest BCUT2D eigenvalue weighted by molar-refractivity contribution is 5.28. The van der Waals surface area contributed by atoms with E-state index in [1.54, 1.807) is 4.80 Å². The average Bonchev–Trinajstić information content (AvgIpc) is 3.14. The Morgan fingerprint density at radius 1 is 1.33 bits per heavy atom. The summed E-state index contributed by atoms with van der Waals surface area (Å²) in [6.07, 6.45) is 4.49. The van der Waals surface area contributed by atoms with Crippen LogP contribution in [0.25, 0.3) is 5.69 Å². The number of nitrogens with zero attached hydrogens (tertiary/aromatic N) is 3. The Morgan fingerprint density at radius 3 is 2.78 bits per heavy atom. The second-order valence-electron chi connectivity index (χ2n) is 4.77. The first-order valence-corrected chi connectivity index (χ1v) is 6.59. The lowest BCUT2D eigenvalue weighted by atomic mass is 10.1. The van der Waals surface area contributed by atoms with Gasteiger partial charge in [-0.3, -0.25) is 0 Å². The van der Waals surface area contributed by atoms with Crippen LogP contribution in [-0.2, 0) is 0 Å². The number of para-hydroxylation sites is 1. The van der Waals surface area contributed by atoms with Gasteiger partial charge in [0.1, 0.15) is 5.69 Å². The van der Waals surface area contributed by atoms with Gasteiger partial charge in [-0.2, -0.15) is 15.0 Å². The summed E-state index contributed by atoms with van der Waals surface area (Å²) in [6.45, 7) is 3.11. The molecule has 0 amide bonds. The van der Waals surface area contributed by atoms with Crippen LogP contribution in [0.3, 0.4) is 0 Å². The first-order chi connectivity index (χ1) is 8.88. The molecule has 1 fully saturated rings. The van der Waals surface area contributed by atoms with Crippen LogP contribution in [0.5, 0.6) is 0 Å². The van der Waals surface area contributed by atoms with Gasteiger partial charge in [-0.05, 0) is 37.4 Å². The van der Waals surface area contributed by atoms with Gasteiger partial charge >= 0.3 is 0 Å². The topological polar surface area (TPSA) is 42.7 Å². The van der Waals surface area contributed by atoms with Crippen molar-refractivity contribution in [1.29, 1.82) is 0 Å². The quantitative estimate of drug-likeness (QED) is 0.875. The van der Waals surface area contributed by atoms with E-state index in [2.05, 4.69) is 22.4 Å². The molecule has 1 aromatic heterocycles. The van der Waals surface area contributed by atoms with Gasteiger partial charge < -0.3 is 5.32 Å². The van der Waals surface area contributed by atoms with Gasteiger partial charge in [0.05, 0.1) is 17.9 Å². The van der Waals surface area contributed by atoms with E-state index in [9.17, 15) is 0 Å². The van der Waals surface area contributed by atoms with Crippen molar-refractivity contribution in [2.75, 3.05) is 6.54 Å². The first-order valence-electron chi connectivity index (χ1n) is 6.59. The maximum Gasteiger partial charge on any atom is 0.100 e. The van der Waals surface area contributed by atoms with E-state index in [0.717, 1.165) is 23.8 Å². The number of nitrogens with one attached hydrogen (secondary N) is 1. The van der Waals surface area contributed by atoms with Crippen LogP contribution in [0.1, 0.15) is 31.5 Å². The minimum Gasteiger partial charge on any atom is -0.309 e. The zero-order chi connectivity index (χ0) is 12.4. The lowest BCUT2D eigenvalue weighted by molar-refractivity contribution is 0.481. The SMILES string of the molecule is CCNC(c1cnn(-c2ccccc2)n1)C1CC1. The van der Waals surface area contributed by atoms with Crippen molar-refractivity contribution in [3.63, 3.8) is 0 Å². The molecule has 0 aliphatic heterocycles. The second kappa shape index (κ2) is 4.90. The fourth-order valence-corrected chi connectivity index (χ4v) is 2.27. The molecule has 4 heteroatoms. The normalized spacial score (nSPS) is 16.7. The molecule has 1 saturated carbocycles. The maximum atomic E-state index is 4.60. The molecule has 1 aliphatic rings. The predicted molar refractivity (Wildman–Crippen MR) is 70.5 cm³/mol. The first kappa shape index (κ1) is 11.4. The van der Waals surface area contributed by atoms with E-state index in [0.29, 0.717) is 6.04 Å². The molecular weight excluding hydrogens is 224 g/mol. The van der Waals surface area contributed by atoms with Crippen LogP contribution in [0.4, 0.5) is 0 Å². The van der Waals surface area contributed by atoms with Crippen LogP contribution in [0.15, 0.2) is 36.5 Å². The summed E-state index contributed by atoms with van der Waals surface area (Å²) in [6, 6.07) is 10.4. The highest BCUT2D eigenvalue weighted by atomic mass is 15.5. The second-order valence-corrected chi connectivity index (χ2v) is 4.77. The van der Waals surface area contributed by atoms with Crippen molar-refractivity contribution in [3.8, 4) is 5.69 Å². The Hall–Kier alpha value is -1.68. The third-order valence-electron chi connectivity index (χ3n) is 3.33. The van der Waals surface area contributed by atoms with E-state index >= 15 is 0 Å². The van der Waals surface area contributed by atoms with Gasteiger partial charge in [-0.15, -0.1) is 0 Å². The third kappa shape index (κ3) is 2.29. The molecule has 1 N–H and O–H groups in total. The molecule has 1 heterocycles. The Bertz CT molecular complexity index is 502. The molecule has 94 valence electrons. The molecule has 0 radical (unpaired) electrons. The van der Waals surface area contributed by atoms with E-state index in [4.69, 9.17) is 0 Å². The summed E-state index contributed by atoms with van der Waals surface area (Å²) >= 11 is 0. The molecule has 0 spiro atoms. The summed E-state index contributed by atoms with van der Waals surface area (Å²) in [5.41, 5.74) is 2.07. The van der Waals surface area contributed by atoms with Crippen molar-refractivity contribution in [3.05, 3.63) is 42.2 Å². The van der Waals surface area contributed by atoms with Crippen LogP contribution in [0, 0.1) is 5.92 Å². The summed E-state index contributed by atoms with van der Waals surface area (Å²) < 4.78 is 0. The number of hydrogen-bond acceptors (Lipinski definition) is 3. The summed E-state index contributed by atoms with van der Waals surface area (Å²) in [5.74, 6) is 0.742. The Kier molecular flexibility index (Phi) is 3.11. The van der Waals surface area contributed by atoms with Crippen molar-refractivity contribution in [2.24, 2.45) is 5.92 Å². The molecule has 2 aromatic rings. The summed E-state index contributed by atoms with van der Waals surface area (Å²) in [7, 11) is 0. The molecule has 1 unspecified atom stereocenters. The van der Waals surface area contributed by atoms with Gasteiger partial charge in [-0.25, -0.2) is 0 Å². The van der Waals surface area contributed by atoms with Gasteiger partial charge in [0, 0.05) is 0 Å². The number of hydrogen-bond donors (Lipinski definition) is 1. The van der Waals surface area contributed by atoms with Gasteiger partial charge in [0.2, 0.25) is 0 Å². The lowest BCUT2D eigenvalue weighted by Gasteiger charge is -2.13. The summed E-state index contributed by atoms with van der Waals surface area (Å²) in [5, 5.41) is 12.5. The van der Waals surface area contributed by atoms with Gasteiger partial charge in [0.15, 0.2) is 0 Å². The van der Waals surface area contributed by atoms with Crippen molar-refractivity contribution >= 4 is 0 Å². The van der Waals surface area contributed by atoms with Gasteiger partial charge in [-0.1, -0.05) is 25.1 Å². The van der Waals surface area contributed by atoms with Crippen molar-refractivity contribution in [2.45, 2.75) is 25.8 Å². The maximum absolute atomic E-state index is 4.60. The summed E-state index contributed by atoms with van der Waals surface area (Å²) in [4.78, 5) is 1.71. The van der Waals surface area contributed by atoms with Crippen LogP contribution >= 0.6 is 0 Å². The standard InChI is InChI=1S/C14H18N4/c1-2-15-14(11-8-9-11)13-10-16-18(17-13)12-6-4-3-5-7-12/h3-7,10-11,14-15H,2,8-9H2,1H3. The highest BCUT2D eigenvalue weighted by Crippen LogP contribution is 2.40. The zero-order valence-corrected chi connectivity index (χ0v) is 10.6. The minimum absolute atomic E-state index is 0.368. The molecule has 0 bridgehead atoms. The number of benzene rings is 1. The molecule has 1 aromatic carbocycles. The van der Waals surface area contributed by atoms with Crippen LogP contribution in [-0.4, -0.2) is 21.5 Å². The smallest absolute Gasteiger partial charge is 0.100 e. The average molecular weight is 242 g/mol. The van der Waals surface area contributed by atoms with E-state index in [1.165, 1.54) is 12.8 Å². The molecule has 3 rings (SSSR count). The largest absolute Gasteiger partial charge is 0.309 e. The monoisotopic (exact) mass is 242 g/mol. The Morgan fingerprint density at radius 2 is 2.11 bits per heavy atom. The fourth-order valence-electron chi connectivity index (χ4n) is 2.27. The molecule has 1 aliphatic carbocycles. The predicted octanol–water partition coefficient (Wildman–Crippen LogP) is 2.33. The van der Waals surface area contributed by atoms with E-state index in [1.807, 2.05) is 36.5 Å². The molecule has 4 nitrogen and oxygen atoms in total. The Labute approximate surface area is 107 Å². The third-order valence-corrected chi connectivity index (χ3v) is 3.33. The van der Waals surface area contributed by atoms with Crippen LogP contribution < -0.4 is 5.32 Å². The molecule has 18 heavy (non-hydrogen) atoms. The number of rotatable bonds is 5. The fraction of sp³-hybridized carbons (Fsp3) is 0.429. The van der Waals surface area contributed by atoms with E-state index in [-0.39, 0.29) is 0 Å². The highest BCUT2D eigenvalue weighted by Gasteiger charge is 2.33. The van der Waals surface area contributed by atoms with Crippen LogP contribution in [0.2, 0.25) is 0 Å². The molecular formula is C14H18N4. The molecule has 0 saturated heterocycles. The Balaban J connectivity index is 1.84. The van der Waals surface area contributed by atoms with Gasteiger partial charge in [0.25, 0.3) is 0 Å². The van der Waals surface area contributed by atoms with E-state index < -0.39 is 0 Å². The molecule has 1 atom stereocenters. The van der Waals surface area contributed by atoms with Crippen molar-refractivity contribution < 1.29 is 0 Å². The lowest BCUT2D eigenvalue weighted by Crippen LogP contribution is -2.23. The number of aromatic nitrogens is 3.